The largest absolute Gasteiger partial charge is 0.480 e. The molecule has 1 N–H and O–H groups in total. The van der Waals surface area contributed by atoms with Gasteiger partial charge in [0, 0.05) is 31.1 Å². The number of hydrogen-bond donors (Lipinski definition) is 1. The van der Waals surface area contributed by atoms with Gasteiger partial charge in [0.05, 0.1) is 0 Å². The molecule has 2 heterocycles. The SMILES string of the molecule is CC1CCN(C(=O)N2CCSCC2C(=O)O)CC1. The van der Waals surface area contributed by atoms with Gasteiger partial charge in [0.1, 0.15) is 6.04 Å². The lowest BCUT2D eigenvalue weighted by Crippen LogP contribution is -2.56. The number of carbonyl (C=O) groups is 2. The van der Waals surface area contributed by atoms with Crippen LogP contribution in [0.2, 0.25) is 0 Å². The van der Waals surface area contributed by atoms with E-state index in [1.54, 1.807) is 11.8 Å². The average molecular weight is 272 g/mol. The molecular weight excluding hydrogens is 252 g/mol. The van der Waals surface area contributed by atoms with Crippen molar-refractivity contribution in [3.05, 3.63) is 0 Å². The van der Waals surface area contributed by atoms with Gasteiger partial charge in [-0.1, -0.05) is 6.92 Å². The molecule has 1 atom stereocenters. The van der Waals surface area contributed by atoms with Crippen LogP contribution in [0.25, 0.3) is 0 Å². The summed E-state index contributed by atoms with van der Waals surface area (Å²) in [6.45, 7) is 4.26. The summed E-state index contributed by atoms with van der Waals surface area (Å²) in [6.07, 6.45) is 2.04. The number of piperidine rings is 1. The molecule has 5 nitrogen and oxygen atoms in total. The van der Waals surface area contributed by atoms with Crippen molar-refractivity contribution in [2.45, 2.75) is 25.8 Å². The first kappa shape index (κ1) is 13.5. The molecule has 0 aliphatic carbocycles. The van der Waals surface area contributed by atoms with Crippen LogP contribution in [0.4, 0.5) is 4.79 Å². The summed E-state index contributed by atoms with van der Waals surface area (Å²) in [5, 5.41) is 9.17. The highest BCUT2D eigenvalue weighted by molar-refractivity contribution is 7.99. The molecule has 6 heteroatoms. The number of hydrogen-bond acceptors (Lipinski definition) is 3. The molecule has 2 rings (SSSR count). The minimum absolute atomic E-state index is 0.0883. The third-order valence-electron chi connectivity index (χ3n) is 3.71. The van der Waals surface area contributed by atoms with Crippen molar-refractivity contribution in [3.63, 3.8) is 0 Å². The Morgan fingerprint density at radius 1 is 1.22 bits per heavy atom. The molecule has 1 unspecified atom stereocenters. The van der Waals surface area contributed by atoms with Gasteiger partial charge >= 0.3 is 12.0 Å². The van der Waals surface area contributed by atoms with Gasteiger partial charge < -0.3 is 14.9 Å². The molecule has 2 fully saturated rings. The minimum Gasteiger partial charge on any atom is -0.480 e. The van der Waals surface area contributed by atoms with Crippen LogP contribution >= 0.6 is 11.8 Å². The number of carboxylic acid groups (broad SMARTS) is 1. The predicted octanol–water partition coefficient (Wildman–Crippen LogP) is 1.34. The second kappa shape index (κ2) is 5.82. The Labute approximate surface area is 112 Å². The third-order valence-corrected chi connectivity index (χ3v) is 4.74. The van der Waals surface area contributed by atoms with Crippen LogP contribution in [-0.2, 0) is 4.79 Å². The van der Waals surface area contributed by atoms with E-state index in [1.165, 1.54) is 4.90 Å². The number of amides is 2. The van der Waals surface area contributed by atoms with E-state index in [2.05, 4.69) is 6.92 Å². The predicted molar refractivity (Wildman–Crippen MR) is 70.8 cm³/mol. The number of rotatable bonds is 1. The summed E-state index contributed by atoms with van der Waals surface area (Å²) in [7, 11) is 0. The van der Waals surface area contributed by atoms with Crippen LogP contribution in [0.15, 0.2) is 0 Å². The number of likely N-dealkylation sites (tertiary alicyclic amines) is 1. The zero-order valence-corrected chi connectivity index (χ0v) is 11.5. The highest BCUT2D eigenvalue weighted by Crippen LogP contribution is 2.22. The molecule has 0 aromatic rings. The van der Waals surface area contributed by atoms with Crippen LogP contribution in [0.3, 0.4) is 0 Å². The monoisotopic (exact) mass is 272 g/mol. The Hall–Kier alpha value is -0.910. The lowest BCUT2D eigenvalue weighted by molar-refractivity contribution is -0.141. The van der Waals surface area contributed by atoms with Gasteiger partial charge in [0.25, 0.3) is 0 Å². The van der Waals surface area contributed by atoms with Crippen LogP contribution in [0, 0.1) is 5.92 Å². The van der Waals surface area contributed by atoms with E-state index in [4.69, 9.17) is 0 Å². The number of urea groups is 1. The van der Waals surface area contributed by atoms with Gasteiger partial charge in [-0.05, 0) is 18.8 Å². The molecule has 0 saturated carbocycles. The Kier molecular flexibility index (Phi) is 4.37. The van der Waals surface area contributed by atoms with Gasteiger partial charge in [-0.15, -0.1) is 0 Å². The van der Waals surface area contributed by atoms with Crippen LogP contribution < -0.4 is 0 Å². The van der Waals surface area contributed by atoms with Gasteiger partial charge in [-0.2, -0.15) is 11.8 Å². The Bertz CT molecular complexity index is 329. The van der Waals surface area contributed by atoms with Crippen molar-refractivity contribution in [1.82, 2.24) is 9.80 Å². The molecule has 0 spiro atoms. The normalized spacial score (nSPS) is 26.2. The molecule has 0 aromatic heterocycles. The Balaban J connectivity index is 2.00. The van der Waals surface area contributed by atoms with Crippen LogP contribution in [0.1, 0.15) is 19.8 Å². The first-order valence-electron chi connectivity index (χ1n) is 6.45. The van der Waals surface area contributed by atoms with E-state index in [-0.39, 0.29) is 6.03 Å². The summed E-state index contributed by atoms with van der Waals surface area (Å²) in [5.74, 6) is 1.12. The van der Waals surface area contributed by atoms with Gasteiger partial charge in [0.2, 0.25) is 0 Å². The maximum atomic E-state index is 12.4. The van der Waals surface area contributed by atoms with Gasteiger partial charge in [-0.3, -0.25) is 0 Å². The van der Waals surface area contributed by atoms with E-state index in [9.17, 15) is 14.7 Å². The maximum absolute atomic E-state index is 12.4. The minimum atomic E-state index is -0.888. The van der Waals surface area contributed by atoms with Crippen molar-refractivity contribution in [2.24, 2.45) is 5.92 Å². The highest BCUT2D eigenvalue weighted by Gasteiger charge is 2.35. The second-order valence-corrected chi connectivity index (χ2v) is 6.22. The standard InChI is InChI=1S/C12H20N2O3S/c1-9-2-4-13(5-3-9)12(17)14-6-7-18-8-10(14)11(15)16/h9-10H,2-8H2,1H3,(H,15,16). The Morgan fingerprint density at radius 3 is 2.50 bits per heavy atom. The Morgan fingerprint density at radius 2 is 1.89 bits per heavy atom. The van der Waals surface area contributed by atoms with Gasteiger partial charge in [-0.25, -0.2) is 9.59 Å². The van der Waals surface area contributed by atoms with Crippen LogP contribution in [0.5, 0.6) is 0 Å². The number of aliphatic carboxylic acids is 1. The lowest BCUT2D eigenvalue weighted by Gasteiger charge is -2.39. The molecular formula is C12H20N2O3S. The zero-order valence-electron chi connectivity index (χ0n) is 10.7. The summed E-state index contributed by atoms with van der Waals surface area (Å²) in [6, 6.07) is -0.745. The first-order chi connectivity index (χ1) is 8.59. The fourth-order valence-corrected chi connectivity index (χ4v) is 3.46. The smallest absolute Gasteiger partial charge is 0.327 e. The first-order valence-corrected chi connectivity index (χ1v) is 7.61. The number of nitrogens with zero attached hydrogens (tertiary/aromatic N) is 2. The summed E-state index contributed by atoms with van der Waals surface area (Å²) in [4.78, 5) is 26.9. The average Bonchev–Trinajstić information content (AvgIpc) is 2.39. The fourth-order valence-electron chi connectivity index (χ4n) is 2.42. The number of carboxylic acids is 1. The maximum Gasteiger partial charge on any atom is 0.327 e. The number of thioether (sulfide) groups is 1. The molecule has 2 amide bonds. The highest BCUT2D eigenvalue weighted by atomic mass is 32.2. The molecule has 102 valence electrons. The van der Waals surface area contributed by atoms with Crippen molar-refractivity contribution in [2.75, 3.05) is 31.1 Å². The van der Waals surface area contributed by atoms with E-state index < -0.39 is 12.0 Å². The summed E-state index contributed by atoms with van der Waals surface area (Å²) in [5.41, 5.74) is 0. The van der Waals surface area contributed by atoms with E-state index in [1.807, 2.05) is 4.90 Å². The third kappa shape index (κ3) is 2.91. The molecule has 0 radical (unpaired) electrons. The molecule has 0 aromatic carbocycles. The summed E-state index contributed by atoms with van der Waals surface area (Å²) >= 11 is 1.61. The molecule has 2 aliphatic rings. The summed E-state index contributed by atoms with van der Waals surface area (Å²) < 4.78 is 0. The van der Waals surface area contributed by atoms with E-state index in [0.717, 1.165) is 31.7 Å². The van der Waals surface area contributed by atoms with Gasteiger partial charge in [0.15, 0.2) is 0 Å². The fraction of sp³-hybridized carbons (Fsp3) is 0.833. The molecule has 0 bridgehead atoms. The molecule has 18 heavy (non-hydrogen) atoms. The van der Waals surface area contributed by atoms with Crippen molar-refractivity contribution in [3.8, 4) is 0 Å². The second-order valence-electron chi connectivity index (χ2n) is 5.07. The lowest BCUT2D eigenvalue weighted by atomic mass is 9.99. The van der Waals surface area contributed by atoms with E-state index >= 15 is 0 Å². The van der Waals surface area contributed by atoms with Crippen molar-refractivity contribution in [1.29, 1.82) is 0 Å². The number of carbonyl (C=O) groups excluding carboxylic acids is 1. The molecule has 2 aliphatic heterocycles. The molecule has 2 saturated heterocycles. The zero-order chi connectivity index (χ0) is 13.1. The van der Waals surface area contributed by atoms with Crippen molar-refractivity contribution < 1.29 is 14.7 Å². The van der Waals surface area contributed by atoms with Crippen LogP contribution in [-0.4, -0.2) is 64.1 Å². The van der Waals surface area contributed by atoms with Crippen molar-refractivity contribution >= 4 is 23.8 Å². The quantitative estimate of drug-likeness (QED) is 0.782. The van der Waals surface area contributed by atoms with E-state index in [0.29, 0.717) is 18.2 Å². The topological polar surface area (TPSA) is 60.9 Å².